The molecule has 2 atom stereocenters. The highest BCUT2D eigenvalue weighted by atomic mass is 32.1. The number of piperidine rings is 3. The number of hydrogen-bond acceptors (Lipinski definition) is 6. The number of benzene rings is 1. The van der Waals surface area contributed by atoms with Crippen molar-refractivity contribution in [3.63, 3.8) is 0 Å². The first-order valence-corrected chi connectivity index (χ1v) is 12.0. The normalized spacial score (nSPS) is 28.1. The fourth-order valence-electron chi connectivity index (χ4n) is 5.40. The summed E-state index contributed by atoms with van der Waals surface area (Å²) in [6.45, 7) is 3.55. The molecule has 0 saturated carbocycles. The summed E-state index contributed by atoms with van der Waals surface area (Å²) < 4.78 is 43.5. The van der Waals surface area contributed by atoms with Crippen LogP contribution in [0, 0.1) is 5.92 Å². The van der Waals surface area contributed by atoms with Crippen molar-refractivity contribution in [2.45, 2.75) is 37.5 Å². The minimum atomic E-state index is -4.19. The van der Waals surface area contributed by atoms with Crippen LogP contribution in [0.4, 0.5) is 18.9 Å². The number of alkyl halides is 3. The third-order valence-electron chi connectivity index (χ3n) is 7.22. The molecule has 1 aromatic carbocycles. The summed E-state index contributed by atoms with van der Waals surface area (Å²) in [5.41, 5.74) is 1.44. The molecule has 4 aliphatic rings. The van der Waals surface area contributed by atoms with Gasteiger partial charge in [-0.25, -0.2) is 0 Å². The number of rotatable bonds is 5. The second-order valence-corrected chi connectivity index (χ2v) is 10.2. The molecular weight excluding hydrogens is 439 g/mol. The Balaban J connectivity index is 1.26. The third-order valence-corrected chi connectivity index (χ3v) is 8.03. The molecule has 6 rings (SSSR count). The predicted molar refractivity (Wildman–Crippen MR) is 119 cm³/mol. The Labute approximate surface area is 189 Å². The highest BCUT2D eigenvalue weighted by Gasteiger charge is 2.36. The fourth-order valence-corrected chi connectivity index (χ4v) is 6.21. The van der Waals surface area contributed by atoms with Crippen LogP contribution in [0.2, 0.25) is 0 Å². The largest absolute Gasteiger partial charge is 0.401 e. The number of carbonyl (C=O) groups is 1. The molecule has 0 spiro atoms. The third kappa shape index (κ3) is 4.45. The number of halogens is 3. The van der Waals surface area contributed by atoms with Gasteiger partial charge in [-0.15, -0.1) is 0 Å². The number of likely N-dealkylation sites (N-methyl/N-ethyl adjacent to an activating group) is 1. The van der Waals surface area contributed by atoms with Gasteiger partial charge >= 0.3 is 6.18 Å². The van der Waals surface area contributed by atoms with Gasteiger partial charge in [0.25, 0.3) is 5.91 Å². The number of carbonyl (C=O) groups excluding carboxylic acids is 1. The molecule has 5 heterocycles. The summed E-state index contributed by atoms with van der Waals surface area (Å²) in [6.07, 6.45) is -1.21. The molecular formula is C22H28F3N5OS. The van der Waals surface area contributed by atoms with Crippen molar-refractivity contribution >= 4 is 33.2 Å². The van der Waals surface area contributed by atoms with Crippen LogP contribution in [0.15, 0.2) is 18.2 Å². The molecule has 1 amide bonds. The first kappa shape index (κ1) is 21.9. The summed E-state index contributed by atoms with van der Waals surface area (Å²) >= 11 is 1.30. The van der Waals surface area contributed by atoms with E-state index >= 15 is 0 Å². The zero-order valence-electron chi connectivity index (χ0n) is 18.1. The molecule has 2 bridgehead atoms. The van der Waals surface area contributed by atoms with Crippen LogP contribution < -0.4 is 10.2 Å². The maximum atomic E-state index is 12.9. The van der Waals surface area contributed by atoms with Crippen LogP contribution in [0.5, 0.6) is 0 Å². The summed E-state index contributed by atoms with van der Waals surface area (Å²) in [5, 5.41) is 4.04. The topological polar surface area (TPSA) is 51.7 Å². The summed E-state index contributed by atoms with van der Waals surface area (Å²) in [5.74, 6) is 0.441. The molecule has 32 heavy (non-hydrogen) atoms. The maximum absolute atomic E-state index is 12.9. The Kier molecular flexibility index (Phi) is 5.79. The molecule has 1 aromatic heterocycles. The van der Waals surface area contributed by atoms with Crippen molar-refractivity contribution < 1.29 is 18.0 Å². The van der Waals surface area contributed by atoms with Crippen molar-refractivity contribution in [3.8, 4) is 0 Å². The number of aromatic nitrogens is 1. The molecule has 0 aliphatic carbocycles. The fraction of sp³-hybridized carbons (Fsp3) is 0.636. The second kappa shape index (κ2) is 8.46. The molecule has 4 aliphatic heterocycles. The smallest absolute Gasteiger partial charge is 0.370 e. The zero-order chi connectivity index (χ0) is 22.5. The first-order valence-electron chi connectivity index (χ1n) is 11.2. The van der Waals surface area contributed by atoms with E-state index in [9.17, 15) is 18.0 Å². The van der Waals surface area contributed by atoms with E-state index in [4.69, 9.17) is 0 Å². The van der Waals surface area contributed by atoms with Crippen LogP contribution in [0.3, 0.4) is 0 Å². The molecule has 4 saturated heterocycles. The van der Waals surface area contributed by atoms with Gasteiger partial charge in [0.1, 0.15) is 5.69 Å². The average Bonchev–Trinajstić information content (AvgIpc) is 3.40. The van der Waals surface area contributed by atoms with Gasteiger partial charge in [-0.1, -0.05) is 0 Å². The Hall–Kier alpha value is -1.91. The number of nitrogens with zero attached hydrogens (tertiary/aromatic N) is 4. The zero-order valence-corrected chi connectivity index (χ0v) is 18.9. The highest BCUT2D eigenvalue weighted by molar-refractivity contribution is 7.13. The molecule has 174 valence electrons. The first-order chi connectivity index (χ1) is 15.3. The lowest BCUT2D eigenvalue weighted by molar-refractivity contribution is -0.146. The van der Waals surface area contributed by atoms with Gasteiger partial charge in [-0.2, -0.15) is 17.5 Å². The van der Waals surface area contributed by atoms with Crippen molar-refractivity contribution in [3.05, 3.63) is 23.9 Å². The van der Waals surface area contributed by atoms with Crippen LogP contribution in [-0.4, -0.2) is 84.7 Å². The van der Waals surface area contributed by atoms with Crippen LogP contribution in [0.25, 0.3) is 10.1 Å². The van der Waals surface area contributed by atoms with E-state index in [0.29, 0.717) is 31.1 Å². The Bertz CT molecular complexity index is 988. The lowest BCUT2D eigenvalue weighted by atomic mass is 9.84. The Morgan fingerprint density at radius 2 is 2.00 bits per heavy atom. The summed E-state index contributed by atoms with van der Waals surface area (Å²) in [6, 6.07) is 5.94. The van der Waals surface area contributed by atoms with E-state index in [1.54, 1.807) is 0 Å². The summed E-state index contributed by atoms with van der Waals surface area (Å²) in [4.78, 5) is 18.9. The second-order valence-electron chi connectivity index (χ2n) is 9.35. The number of nitrogens with one attached hydrogen (secondary N) is 1. The standard InChI is InChI=1S/C22H28F3N5OS/c1-28(13-22(23,24)25)16-6-9-30(11-16)15-2-3-17-19(10-15)32-27-20(17)21(31)26-18-12-29-7-4-14(18)5-8-29/h2-3,10,14,16,18H,4-9,11-13H2,1H3,(H,26,31)/t16?,18-/m0/s1. The minimum Gasteiger partial charge on any atom is -0.370 e. The van der Waals surface area contributed by atoms with Crippen LogP contribution in [-0.2, 0) is 0 Å². The van der Waals surface area contributed by atoms with Gasteiger partial charge in [0.2, 0.25) is 0 Å². The Morgan fingerprint density at radius 3 is 2.69 bits per heavy atom. The van der Waals surface area contributed by atoms with E-state index in [0.717, 1.165) is 48.2 Å². The quantitative estimate of drug-likeness (QED) is 0.732. The molecule has 1 N–H and O–H groups in total. The van der Waals surface area contributed by atoms with Crippen LogP contribution >= 0.6 is 11.5 Å². The van der Waals surface area contributed by atoms with E-state index in [-0.39, 0.29) is 18.0 Å². The van der Waals surface area contributed by atoms with Gasteiger partial charge in [0.15, 0.2) is 0 Å². The van der Waals surface area contributed by atoms with E-state index in [1.807, 2.05) is 18.2 Å². The van der Waals surface area contributed by atoms with Crippen molar-refractivity contribution in [2.75, 3.05) is 51.2 Å². The van der Waals surface area contributed by atoms with E-state index < -0.39 is 12.7 Å². The van der Waals surface area contributed by atoms with E-state index in [1.165, 1.54) is 23.5 Å². The monoisotopic (exact) mass is 467 g/mol. The molecule has 4 fully saturated rings. The molecule has 10 heteroatoms. The number of amides is 1. The van der Waals surface area contributed by atoms with Crippen molar-refractivity contribution in [1.82, 2.24) is 19.5 Å². The average molecular weight is 468 g/mol. The van der Waals surface area contributed by atoms with Crippen molar-refractivity contribution in [2.24, 2.45) is 5.92 Å². The number of anilines is 1. The summed E-state index contributed by atoms with van der Waals surface area (Å²) in [7, 11) is 1.54. The lowest BCUT2D eigenvalue weighted by Gasteiger charge is -2.44. The maximum Gasteiger partial charge on any atom is 0.401 e. The van der Waals surface area contributed by atoms with Gasteiger partial charge < -0.3 is 15.1 Å². The molecule has 0 radical (unpaired) electrons. The molecule has 6 nitrogen and oxygen atoms in total. The van der Waals surface area contributed by atoms with Gasteiger partial charge in [-0.05, 0) is 75.0 Å². The van der Waals surface area contributed by atoms with Gasteiger partial charge in [0.05, 0.1) is 11.2 Å². The van der Waals surface area contributed by atoms with Crippen LogP contribution in [0.1, 0.15) is 29.8 Å². The SMILES string of the molecule is CN(CC(F)(F)F)C1CCN(c2ccc3c(C(=O)N[C@H]4CN5CCC4CC5)nsc3c2)C1. The Morgan fingerprint density at radius 1 is 1.22 bits per heavy atom. The minimum absolute atomic E-state index is 0.113. The van der Waals surface area contributed by atoms with Gasteiger partial charge in [0, 0.05) is 42.8 Å². The highest BCUT2D eigenvalue weighted by Crippen LogP contribution is 2.32. The molecule has 2 aromatic rings. The number of hydrogen-bond donors (Lipinski definition) is 1. The predicted octanol–water partition coefficient (Wildman–Crippen LogP) is 3.19. The molecule has 1 unspecified atom stereocenters. The van der Waals surface area contributed by atoms with Crippen molar-refractivity contribution in [1.29, 1.82) is 0 Å². The van der Waals surface area contributed by atoms with E-state index in [2.05, 4.69) is 19.5 Å². The number of fused-ring (bicyclic) bond motifs is 4. The lowest BCUT2D eigenvalue weighted by Crippen LogP contribution is -2.57. The van der Waals surface area contributed by atoms with Gasteiger partial charge in [-0.3, -0.25) is 9.69 Å².